The number of hydrogen-bond donors (Lipinski definition) is 2. The topological polar surface area (TPSA) is 46.9 Å². The largest absolute Gasteiger partial charge is 0.394 e. The van der Waals surface area contributed by atoms with Gasteiger partial charge in [0.25, 0.3) is 0 Å². The number of aliphatic hydroxyl groups is 2. The van der Waals surface area contributed by atoms with Gasteiger partial charge in [-0.15, -0.1) is 0 Å². The standard InChI is InChI=1S/C8H20N2O2/c1-9(2)4-5-10(3)6-8(12)7-11/h8,11-12H,4-7H2,1-3H3. The van der Waals surface area contributed by atoms with E-state index in [4.69, 9.17) is 10.2 Å². The van der Waals surface area contributed by atoms with E-state index in [9.17, 15) is 0 Å². The molecule has 0 fully saturated rings. The fourth-order valence-corrected chi connectivity index (χ4v) is 0.880. The second kappa shape index (κ2) is 6.37. The molecular weight excluding hydrogens is 156 g/mol. The average Bonchev–Trinajstić information content (AvgIpc) is 2.00. The van der Waals surface area contributed by atoms with Crippen molar-refractivity contribution in [1.29, 1.82) is 0 Å². The molecule has 1 unspecified atom stereocenters. The van der Waals surface area contributed by atoms with Crippen LogP contribution in [0.2, 0.25) is 0 Å². The van der Waals surface area contributed by atoms with E-state index in [1.807, 2.05) is 26.0 Å². The van der Waals surface area contributed by atoms with Crippen molar-refractivity contribution < 1.29 is 10.2 Å². The Morgan fingerprint density at radius 3 is 2.17 bits per heavy atom. The van der Waals surface area contributed by atoms with Crippen LogP contribution in [0, 0.1) is 0 Å². The molecule has 0 bridgehead atoms. The first-order valence-electron chi connectivity index (χ1n) is 4.18. The zero-order chi connectivity index (χ0) is 9.56. The molecule has 0 aromatic rings. The number of likely N-dealkylation sites (N-methyl/N-ethyl adjacent to an activating group) is 2. The van der Waals surface area contributed by atoms with Crippen LogP contribution in [0.4, 0.5) is 0 Å². The van der Waals surface area contributed by atoms with Crippen LogP contribution in [0.25, 0.3) is 0 Å². The molecule has 0 aliphatic heterocycles. The zero-order valence-electron chi connectivity index (χ0n) is 8.19. The molecule has 0 heterocycles. The van der Waals surface area contributed by atoms with Crippen LogP contribution in [0.15, 0.2) is 0 Å². The summed E-state index contributed by atoms with van der Waals surface area (Å²) in [7, 11) is 5.95. The van der Waals surface area contributed by atoms with Crippen molar-refractivity contribution in [1.82, 2.24) is 9.80 Å². The molecule has 0 saturated heterocycles. The minimum absolute atomic E-state index is 0.160. The second-order valence-electron chi connectivity index (χ2n) is 3.40. The van der Waals surface area contributed by atoms with Gasteiger partial charge in [0.05, 0.1) is 12.7 Å². The van der Waals surface area contributed by atoms with Crippen LogP contribution in [0.1, 0.15) is 0 Å². The first kappa shape index (κ1) is 11.8. The van der Waals surface area contributed by atoms with Crippen LogP contribution in [-0.2, 0) is 0 Å². The molecule has 74 valence electrons. The summed E-state index contributed by atoms with van der Waals surface area (Å²) in [5, 5.41) is 17.7. The van der Waals surface area contributed by atoms with E-state index in [-0.39, 0.29) is 6.61 Å². The Bertz CT molecular complexity index is 109. The van der Waals surface area contributed by atoms with E-state index >= 15 is 0 Å². The van der Waals surface area contributed by atoms with Gasteiger partial charge in [0, 0.05) is 19.6 Å². The number of nitrogens with zero attached hydrogens (tertiary/aromatic N) is 2. The second-order valence-corrected chi connectivity index (χ2v) is 3.40. The lowest BCUT2D eigenvalue weighted by molar-refractivity contribution is 0.0651. The average molecular weight is 176 g/mol. The third kappa shape index (κ3) is 6.54. The quantitative estimate of drug-likeness (QED) is 0.535. The minimum atomic E-state index is -0.614. The van der Waals surface area contributed by atoms with E-state index in [0.717, 1.165) is 13.1 Å². The molecule has 0 aliphatic carbocycles. The van der Waals surface area contributed by atoms with E-state index in [0.29, 0.717) is 6.54 Å². The molecule has 12 heavy (non-hydrogen) atoms. The molecule has 0 amide bonds. The van der Waals surface area contributed by atoms with Gasteiger partial charge in [0.1, 0.15) is 0 Å². The maximum absolute atomic E-state index is 9.09. The lowest BCUT2D eigenvalue weighted by atomic mass is 10.3. The highest BCUT2D eigenvalue weighted by Gasteiger charge is 2.05. The van der Waals surface area contributed by atoms with E-state index in [1.54, 1.807) is 0 Å². The first-order valence-corrected chi connectivity index (χ1v) is 4.18. The molecule has 0 rings (SSSR count). The van der Waals surface area contributed by atoms with Gasteiger partial charge >= 0.3 is 0 Å². The van der Waals surface area contributed by atoms with E-state index in [1.165, 1.54) is 0 Å². The molecular formula is C8H20N2O2. The number of hydrogen-bond acceptors (Lipinski definition) is 4. The fourth-order valence-electron chi connectivity index (χ4n) is 0.880. The van der Waals surface area contributed by atoms with Gasteiger partial charge in [0.2, 0.25) is 0 Å². The summed E-state index contributed by atoms with van der Waals surface area (Å²) in [6.45, 7) is 2.25. The maximum atomic E-state index is 9.09. The number of rotatable bonds is 6. The van der Waals surface area contributed by atoms with Gasteiger partial charge in [-0.1, -0.05) is 0 Å². The van der Waals surface area contributed by atoms with Gasteiger partial charge in [0.15, 0.2) is 0 Å². The van der Waals surface area contributed by atoms with Gasteiger partial charge in [-0.2, -0.15) is 0 Å². The summed E-state index contributed by atoms with van der Waals surface area (Å²) in [4.78, 5) is 4.09. The molecule has 0 spiro atoms. The highest BCUT2D eigenvalue weighted by molar-refractivity contribution is 4.60. The molecule has 0 radical (unpaired) electrons. The summed E-state index contributed by atoms with van der Waals surface area (Å²) < 4.78 is 0. The Labute approximate surface area is 74.4 Å². The summed E-state index contributed by atoms with van der Waals surface area (Å²) in [6.07, 6.45) is -0.614. The first-order chi connectivity index (χ1) is 5.56. The summed E-state index contributed by atoms with van der Waals surface area (Å²) >= 11 is 0. The van der Waals surface area contributed by atoms with Crippen molar-refractivity contribution >= 4 is 0 Å². The lowest BCUT2D eigenvalue weighted by Gasteiger charge is -2.21. The predicted molar refractivity (Wildman–Crippen MR) is 49.1 cm³/mol. The van der Waals surface area contributed by atoms with Crippen LogP contribution < -0.4 is 0 Å². The summed E-state index contributed by atoms with van der Waals surface area (Å²) in [6, 6.07) is 0. The monoisotopic (exact) mass is 176 g/mol. The van der Waals surface area contributed by atoms with Crippen molar-refractivity contribution in [2.24, 2.45) is 0 Å². The number of aliphatic hydroxyl groups excluding tert-OH is 2. The Morgan fingerprint density at radius 1 is 1.17 bits per heavy atom. The fraction of sp³-hybridized carbons (Fsp3) is 1.00. The Hall–Kier alpha value is -0.160. The Balaban J connectivity index is 3.39. The van der Waals surface area contributed by atoms with Gasteiger partial charge < -0.3 is 20.0 Å². The van der Waals surface area contributed by atoms with Crippen molar-refractivity contribution in [2.75, 3.05) is 47.4 Å². The summed E-state index contributed by atoms with van der Waals surface area (Å²) in [5.74, 6) is 0. The molecule has 0 saturated carbocycles. The third-order valence-corrected chi connectivity index (χ3v) is 1.66. The third-order valence-electron chi connectivity index (χ3n) is 1.66. The molecule has 4 nitrogen and oxygen atoms in total. The van der Waals surface area contributed by atoms with E-state index < -0.39 is 6.10 Å². The smallest absolute Gasteiger partial charge is 0.0897 e. The molecule has 0 aromatic heterocycles. The van der Waals surface area contributed by atoms with Crippen LogP contribution in [0.3, 0.4) is 0 Å². The molecule has 2 N–H and O–H groups in total. The van der Waals surface area contributed by atoms with Gasteiger partial charge in [-0.05, 0) is 21.1 Å². The van der Waals surface area contributed by atoms with E-state index in [2.05, 4.69) is 4.90 Å². The lowest BCUT2D eigenvalue weighted by Crippen LogP contribution is -2.35. The van der Waals surface area contributed by atoms with Crippen LogP contribution in [-0.4, -0.2) is 73.5 Å². The highest BCUT2D eigenvalue weighted by atomic mass is 16.3. The Morgan fingerprint density at radius 2 is 1.75 bits per heavy atom. The van der Waals surface area contributed by atoms with Crippen molar-refractivity contribution in [3.05, 3.63) is 0 Å². The predicted octanol–water partition coefficient (Wildman–Crippen LogP) is -1.17. The van der Waals surface area contributed by atoms with Crippen LogP contribution in [0.5, 0.6) is 0 Å². The normalized spacial score (nSPS) is 14.2. The van der Waals surface area contributed by atoms with Crippen LogP contribution >= 0.6 is 0 Å². The van der Waals surface area contributed by atoms with Gasteiger partial charge in [-0.25, -0.2) is 0 Å². The molecule has 4 heteroatoms. The van der Waals surface area contributed by atoms with Gasteiger partial charge in [-0.3, -0.25) is 0 Å². The SMILES string of the molecule is CN(C)CCN(C)CC(O)CO. The molecule has 1 atom stereocenters. The van der Waals surface area contributed by atoms with Crippen molar-refractivity contribution in [2.45, 2.75) is 6.10 Å². The van der Waals surface area contributed by atoms with Crippen molar-refractivity contribution in [3.63, 3.8) is 0 Å². The highest BCUT2D eigenvalue weighted by Crippen LogP contribution is 1.88. The summed E-state index contributed by atoms with van der Waals surface area (Å²) in [5.41, 5.74) is 0. The molecule has 0 aliphatic rings. The van der Waals surface area contributed by atoms with Crippen molar-refractivity contribution in [3.8, 4) is 0 Å². The zero-order valence-corrected chi connectivity index (χ0v) is 8.19. The maximum Gasteiger partial charge on any atom is 0.0897 e. The minimum Gasteiger partial charge on any atom is -0.394 e. The molecule has 0 aromatic carbocycles. The Kier molecular flexibility index (Phi) is 6.28.